The van der Waals surface area contributed by atoms with E-state index in [1.165, 1.54) is 23.3 Å². The van der Waals surface area contributed by atoms with Gasteiger partial charge < -0.3 is 9.84 Å². The molecule has 0 spiro atoms. The number of aliphatic hydroxyl groups is 1. The van der Waals surface area contributed by atoms with Crippen LogP contribution in [0.5, 0.6) is 0 Å². The zero-order chi connectivity index (χ0) is 10.4. The van der Waals surface area contributed by atoms with Crippen LogP contribution in [0.2, 0.25) is 0 Å². The molecule has 4 nitrogen and oxygen atoms in total. The average molecular weight is 234 g/mol. The molecule has 1 aromatic rings. The van der Waals surface area contributed by atoms with Crippen molar-refractivity contribution >= 4 is 23.3 Å². The second kappa shape index (κ2) is 6.34. The first kappa shape index (κ1) is 11.9. The molecule has 0 saturated heterocycles. The topological polar surface area (TPSA) is 55.2 Å². The molecule has 6 heteroatoms. The van der Waals surface area contributed by atoms with Gasteiger partial charge >= 0.3 is 0 Å². The Labute approximate surface area is 91.9 Å². The molecule has 0 saturated carbocycles. The molecule has 0 bridgehead atoms. The average Bonchev–Trinajstić information content (AvgIpc) is 2.63. The van der Waals surface area contributed by atoms with E-state index in [1.807, 2.05) is 6.92 Å². The van der Waals surface area contributed by atoms with Crippen LogP contribution in [0, 0.1) is 0 Å². The van der Waals surface area contributed by atoms with E-state index < -0.39 is 6.10 Å². The summed E-state index contributed by atoms with van der Waals surface area (Å²) in [6, 6.07) is 0. The first-order valence-electron chi connectivity index (χ1n) is 4.38. The van der Waals surface area contributed by atoms with E-state index in [0.717, 1.165) is 16.6 Å². The molecule has 80 valence electrons. The smallest absolute Gasteiger partial charge is 0.170 e. The van der Waals surface area contributed by atoms with E-state index in [9.17, 15) is 5.11 Å². The Balaban J connectivity index is 2.30. The van der Waals surface area contributed by atoms with Crippen LogP contribution in [0.15, 0.2) is 4.34 Å². The molecular weight excluding hydrogens is 220 g/mol. The minimum absolute atomic E-state index is 0.367. The highest BCUT2D eigenvalue weighted by molar-refractivity contribution is 8.00. The number of hydrogen-bond acceptors (Lipinski definition) is 6. The van der Waals surface area contributed by atoms with Crippen molar-refractivity contribution in [1.29, 1.82) is 0 Å². The second-order valence-corrected chi connectivity index (χ2v) is 4.77. The SMILES string of the molecule is CCc1nsc(SCC(O)COC)n1. The molecular formula is C8H14N2O2S2. The van der Waals surface area contributed by atoms with Gasteiger partial charge in [0.1, 0.15) is 5.82 Å². The number of aliphatic hydroxyl groups excluding tert-OH is 1. The van der Waals surface area contributed by atoms with Crippen LogP contribution in [0.4, 0.5) is 0 Å². The van der Waals surface area contributed by atoms with Crippen LogP contribution < -0.4 is 0 Å². The third kappa shape index (κ3) is 3.91. The number of hydrogen-bond donors (Lipinski definition) is 1. The third-order valence-electron chi connectivity index (χ3n) is 1.52. The van der Waals surface area contributed by atoms with Crippen molar-refractivity contribution in [2.24, 2.45) is 0 Å². The van der Waals surface area contributed by atoms with Crippen LogP contribution in [-0.4, -0.2) is 40.0 Å². The molecule has 1 rings (SSSR count). The van der Waals surface area contributed by atoms with Gasteiger partial charge in [-0.3, -0.25) is 0 Å². The lowest BCUT2D eigenvalue weighted by molar-refractivity contribution is 0.0794. The van der Waals surface area contributed by atoms with Crippen molar-refractivity contribution < 1.29 is 9.84 Å². The van der Waals surface area contributed by atoms with E-state index in [4.69, 9.17) is 4.74 Å². The summed E-state index contributed by atoms with van der Waals surface area (Å²) in [7, 11) is 1.58. The highest BCUT2D eigenvalue weighted by Gasteiger charge is 2.07. The lowest BCUT2D eigenvalue weighted by Gasteiger charge is -2.06. The zero-order valence-electron chi connectivity index (χ0n) is 8.27. The number of aromatic nitrogens is 2. The Morgan fingerprint density at radius 2 is 2.43 bits per heavy atom. The highest BCUT2D eigenvalue weighted by atomic mass is 32.2. The number of aryl methyl sites for hydroxylation is 1. The maximum atomic E-state index is 9.39. The van der Waals surface area contributed by atoms with Gasteiger partial charge in [0.25, 0.3) is 0 Å². The van der Waals surface area contributed by atoms with Crippen LogP contribution >= 0.6 is 23.3 Å². The Morgan fingerprint density at radius 1 is 1.64 bits per heavy atom. The van der Waals surface area contributed by atoms with Crippen LogP contribution in [0.25, 0.3) is 0 Å². The Bertz CT molecular complexity index is 268. The number of rotatable bonds is 6. The molecule has 0 amide bonds. The molecule has 0 aromatic carbocycles. The monoisotopic (exact) mass is 234 g/mol. The maximum Gasteiger partial charge on any atom is 0.170 e. The Kier molecular flexibility index (Phi) is 5.39. The van der Waals surface area contributed by atoms with Gasteiger partial charge in [-0.2, -0.15) is 4.37 Å². The molecule has 0 radical (unpaired) electrons. The summed E-state index contributed by atoms with van der Waals surface area (Å²) in [6.45, 7) is 2.39. The maximum absolute atomic E-state index is 9.39. The molecule has 1 unspecified atom stereocenters. The molecule has 0 aliphatic carbocycles. The van der Waals surface area contributed by atoms with Crippen LogP contribution in [-0.2, 0) is 11.2 Å². The summed E-state index contributed by atoms with van der Waals surface area (Å²) >= 11 is 2.90. The predicted octanol–water partition coefficient (Wildman–Crippen LogP) is 1.20. The summed E-state index contributed by atoms with van der Waals surface area (Å²) in [5.74, 6) is 1.48. The van der Waals surface area contributed by atoms with Crippen molar-refractivity contribution in [1.82, 2.24) is 9.36 Å². The molecule has 0 aliphatic heterocycles. The van der Waals surface area contributed by atoms with Gasteiger partial charge in [0.2, 0.25) is 0 Å². The fourth-order valence-electron chi connectivity index (χ4n) is 0.848. The van der Waals surface area contributed by atoms with Crippen molar-refractivity contribution in [3.63, 3.8) is 0 Å². The van der Waals surface area contributed by atoms with Gasteiger partial charge in [0.15, 0.2) is 4.34 Å². The summed E-state index contributed by atoms with van der Waals surface area (Å²) in [4.78, 5) is 4.28. The summed E-state index contributed by atoms with van der Waals surface area (Å²) < 4.78 is 9.89. The molecule has 0 fully saturated rings. The number of nitrogens with zero attached hydrogens (tertiary/aromatic N) is 2. The van der Waals surface area contributed by atoms with Gasteiger partial charge in [0, 0.05) is 19.3 Å². The largest absolute Gasteiger partial charge is 0.390 e. The first-order valence-corrected chi connectivity index (χ1v) is 6.14. The predicted molar refractivity (Wildman–Crippen MR) is 57.9 cm³/mol. The number of ether oxygens (including phenoxy) is 1. The van der Waals surface area contributed by atoms with E-state index in [1.54, 1.807) is 7.11 Å². The van der Waals surface area contributed by atoms with Gasteiger partial charge in [-0.25, -0.2) is 4.98 Å². The fraction of sp³-hybridized carbons (Fsp3) is 0.750. The Hall–Kier alpha value is -0.170. The molecule has 1 aromatic heterocycles. The van der Waals surface area contributed by atoms with E-state index in [2.05, 4.69) is 9.36 Å². The fourth-order valence-corrected chi connectivity index (χ4v) is 2.48. The summed E-state index contributed by atoms with van der Waals surface area (Å²) in [6.07, 6.45) is 0.427. The standard InChI is InChI=1S/C8H14N2O2S2/c1-3-7-9-8(14-10-7)13-5-6(11)4-12-2/h6,11H,3-5H2,1-2H3. The van der Waals surface area contributed by atoms with Gasteiger partial charge in [-0.05, 0) is 11.5 Å². The lowest BCUT2D eigenvalue weighted by atomic mass is 10.4. The number of methoxy groups -OCH3 is 1. The van der Waals surface area contributed by atoms with E-state index in [-0.39, 0.29) is 0 Å². The van der Waals surface area contributed by atoms with Gasteiger partial charge in [-0.15, -0.1) is 0 Å². The van der Waals surface area contributed by atoms with E-state index >= 15 is 0 Å². The molecule has 1 N–H and O–H groups in total. The van der Waals surface area contributed by atoms with Gasteiger partial charge in [0.05, 0.1) is 12.7 Å². The minimum atomic E-state index is -0.432. The molecule has 0 aliphatic rings. The van der Waals surface area contributed by atoms with Gasteiger partial charge in [-0.1, -0.05) is 18.7 Å². The molecule has 1 atom stereocenters. The van der Waals surface area contributed by atoms with Crippen molar-refractivity contribution in [3.8, 4) is 0 Å². The van der Waals surface area contributed by atoms with Crippen LogP contribution in [0.3, 0.4) is 0 Å². The van der Waals surface area contributed by atoms with Crippen molar-refractivity contribution in [2.45, 2.75) is 23.8 Å². The number of thioether (sulfide) groups is 1. The lowest BCUT2D eigenvalue weighted by Crippen LogP contribution is -2.16. The van der Waals surface area contributed by atoms with Crippen molar-refractivity contribution in [3.05, 3.63) is 5.82 Å². The normalized spacial score (nSPS) is 13.1. The molecule has 14 heavy (non-hydrogen) atoms. The summed E-state index contributed by atoms with van der Waals surface area (Å²) in [5.41, 5.74) is 0. The minimum Gasteiger partial charge on any atom is -0.390 e. The third-order valence-corrected chi connectivity index (χ3v) is 3.54. The highest BCUT2D eigenvalue weighted by Crippen LogP contribution is 2.20. The van der Waals surface area contributed by atoms with Crippen LogP contribution in [0.1, 0.15) is 12.7 Å². The quantitative estimate of drug-likeness (QED) is 0.750. The van der Waals surface area contributed by atoms with Crippen molar-refractivity contribution in [2.75, 3.05) is 19.5 Å². The Morgan fingerprint density at radius 3 is 3.00 bits per heavy atom. The summed E-state index contributed by atoms with van der Waals surface area (Å²) in [5, 5.41) is 9.39. The first-order chi connectivity index (χ1) is 6.76. The molecule has 1 heterocycles. The second-order valence-electron chi connectivity index (χ2n) is 2.75. The zero-order valence-corrected chi connectivity index (χ0v) is 9.90. The van der Waals surface area contributed by atoms with E-state index in [0.29, 0.717) is 12.4 Å².